The fourth-order valence-electron chi connectivity index (χ4n) is 5.14. The van der Waals surface area contributed by atoms with Gasteiger partial charge in [-0.2, -0.15) is 0 Å². The van der Waals surface area contributed by atoms with Crippen molar-refractivity contribution in [2.45, 2.75) is 18.9 Å². The zero-order valence-corrected chi connectivity index (χ0v) is 22.8. The zero-order valence-electron chi connectivity index (χ0n) is 22.8. The Morgan fingerprint density at radius 3 is 1.88 bits per heavy atom. The number of hydrogen-bond acceptors (Lipinski definition) is 4. The van der Waals surface area contributed by atoms with Crippen molar-refractivity contribution in [3.8, 4) is 28.2 Å². The molecule has 6 aromatic rings. The second-order valence-corrected chi connectivity index (χ2v) is 9.99. The lowest BCUT2D eigenvalue weighted by molar-refractivity contribution is -0.148. The van der Waals surface area contributed by atoms with Gasteiger partial charge < -0.3 is 13.9 Å². The molecule has 0 aliphatic rings. The Kier molecular flexibility index (Phi) is 7.63. The third kappa shape index (κ3) is 5.92. The number of carbonyl (C=O) groups excluding carboxylic acids is 1. The summed E-state index contributed by atoms with van der Waals surface area (Å²) in [6.45, 7) is 0. The van der Waals surface area contributed by atoms with E-state index in [1.807, 2.05) is 72.8 Å². The highest BCUT2D eigenvalue weighted by atomic mass is 16.6. The molecular weight excluding hydrogens is 508 g/mol. The molecule has 0 aliphatic carbocycles. The third-order valence-corrected chi connectivity index (χ3v) is 7.26. The first-order valence-electron chi connectivity index (χ1n) is 13.7. The topological polar surface area (TPSA) is 48.7 Å². The van der Waals surface area contributed by atoms with E-state index in [1.165, 1.54) is 18.2 Å². The van der Waals surface area contributed by atoms with Crippen LogP contribution in [0.25, 0.3) is 33.4 Å². The van der Waals surface area contributed by atoms with Gasteiger partial charge in [-0.25, -0.2) is 4.79 Å². The predicted octanol–water partition coefficient (Wildman–Crippen LogP) is 8.52. The van der Waals surface area contributed by atoms with Crippen LogP contribution in [0.4, 0.5) is 0 Å². The predicted molar refractivity (Wildman–Crippen MR) is 163 cm³/mol. The van der Waals surface area contributed by atoms with Crippen LogP contribution in [0.1, 0.15) is 16.7 Å². The van der Waals surface area contributed by atoms with E-state index in [2.05, 4.69) is 60.7 Å². The lowest BCUT2D eigenvalue weighted by Gasteiger charge is -2.17. The largest absolute Gasteiger partial charge is 0.478 e. The molecule has 0 unspecified atom stereocenters. The lowest BCUT2D eigenvalue weighted by atomic mass is 9.97. The van der Waals surface area contributed by atoms with Crippen molar-refractivity contribution in [2.75, 3.05) is 7.11 Å². The standard InChI is InChI=1S/C37H30O4/c1-39-37(38)35(25-27-12-6-3-7-13-27)40-31-22-20-29(21-23-31)28-16-18-30(19-17-28)36-33(24-26-10-4-2-5-11-26)32-14-8-9-15-34(32)41-36/h2-23,35H,24-25H2,1H3/t35-/m1/s1. The summed E-state index contributed by atoms with van der Waals surface area (Å²) in [6.07, 6.45) is 0.513. The molecule has 41 heavy (non-hydrogen) atoms. The highest BCUT2D eigenvalue weighted by Crippen LogP contribution is 2.36. The molecule has 4 nitrogen and oxygen atoms in total. The number of rotatable bonds is 9. The van der Waals surface area contributed by atoms with Crippen LogP contribution in [-0.4, -0.2) is 19.2 Å². The fourth-order valence-corrected chi connectivity index (χ4v) is 5.14. The minimum atomic E-state index is -0.721. The van der Waals surface area contributed by atoms with Gasteiger partial charge >= 0.3 is 5.97 Å². The Hall–Kier alpha value is -5.09. The van der Waals surface area contributed by atoms with Gasteiger partial charge in [-0.15, -0.1) is 0 Å². The monoisotopic (exact) mass is 538 g/mol. The van der Waals surface area contributed by atoms with E-state index in [0.717, 1.165) is 45.4 Å². The molecule has 0 aliphatic heterocycles. The van der Waals surface area contributed by atoms with Crippen molar-refractivity contribution < 1.29 is 18.7 Å². The van der Waals surface area contributed by atoms with Gasteiger partial charge in [-0.05, 0) is 40.5 Å². The van der Waals surface area contributed by atoms with Crippen molar-refractivity contribution in [1.29, 1.82) is 0 Å². The molecule has 5 aromatic carbocycles. The number of ether oxygens (including phenoxy) is 2. The fraction of sp³-hybridized carbons (Fsp3) is 0.108. The van der Waals surface area contributed by atoms with Crippen LogP contribution < -0.4 is 4.74 Å². The molecule has 0 radical (unpaired) electrons. The van der Waals surface area contributed by atoms with Crippen LogP contribution in [0.5, 0.6) is 5.75 Å². The SMILES string of the molecule is COC(=O)[C@@H](Cc1ccccc1)Oc1ccc(-c2ccc(-c3oc4ccccc4c3Cc3ccccc3)cc2)cc1. The normalized spacial score (nSPS) is 11.7. The van der Waals surface area contributed by atoms with Crippen molar-refractivity contribution in [2.24, 2.45) is 0 Å². The van der Waals surface area contributed by atoms with Crippen LogP contribution in [0.3, 0.4) is 0 Å². The molecule has 0 fully saturated rings. The summed E-state index contributed by atoms with van der Waals surface area (Å²) in [6, 6.07) is 44.7. The van der Waals surface area contributed by atoms with E-state index in [-0.39, 0.29) is 0 Å². The summed E-state index contributed by atoms with van der Waals surface area (Å²) in [5.74, 6) is 1.12. The summed E-state index contributed by atoms with van der Waals surface area (Å²) in [5.41, 5.74) is 7.51. The van der Waals surface area contributed by atoms with Gasteiger partial charge in [0.05, 0.1) is 7.11 Å². The molecular formula is C37H30O4. The van der Waals surface area contributed by atoms with E-state index < -0.39 is 12.1 Å². The van der Waals surface area contributed by atoms with Crippen LogP contribution >= 0.6 is 0 Å². The first-order valence-corrected chi connectivity index (χ1v) is 13.7. The molecule has 0 saturated heterocycles. The van der Waals surface area contributed by atoms with Crippen molar-refractivity contribution in [3.63, 3.8) is 0 Å². The minimum Gasteiger partial charge on any atom is -0.478 e. The van der Waals surface area contributed by atoms with Gasteiger partial charge in [0.1, 0.15) is 17.1 Å². The highest BCUT2D eigenvalue weighted by molar-refractivity contribution is 5.88. The lowest BCUT2D eigenvalue weighted by Crippen LogP contribution is -2.30. The van der Waals surface area contributed by atoms with Crippen LogP contribution in [0.15, 0.2) is 138 Å². The van der Waals surface area contributed by atoms with E-state index in [9.17, 15) is 4.79 Å². The van der Waals surface area contributed by atoms with Crippen molar-refractivity contribution >= 4 is 16.9 Å². The molecule has 0 amide bonds. The molecule has 1 aromatic heterocycles. The highest BCUT2D eigenvalue weighted by Gasteiger charge is 2.22. The molecule has 0 spiro atoms. The molecule has 4 heteroatoms. The maximum absolute atomic E-state index is 12.4. The Bertz CT molecular complexity index is 1740. The number of para-hydroxylation sites is 1. The van der Waals surface area contributed by atoms with Crippen LogP contribution in [0, 0.1) is 0 Å². The first kappa shape index (κ1) is 26.1. The number of methoxy groups -OCH3 is 1. The van der Waals surface area contributed by atoms with E-state index >= 15 is 0 Å². The quantitative estimate of drug-likeness (QED) is 0.173. The molecule has 202 valence electrons. The first-order chi connectivity index (χ1) is 20.2. The molecule has 6 rings (SSSR count). The molecule has 0 N–H and O–H groups in total. The smallest absolute Gasteiger partial charge is 0.347 e. The van der Waals surface area contributed by atoms with Crippen molar-refractivity contribution in [1.82, 2.24) is 0 Å². The van der Waals surface area contributed by atoms with Crippen LogP contribution in [-0.2, 0) is 22.4 Å². The molecule has 1 heterocycles. The van der Waals surface area contributed by atoms with Gasteiger partial charge in [0, 0.05) is 29.4 Å². The third-order valence-electron chi connectivity index (χ3n) is 7.26. The Morgan fingerprint density at radius 1 is 0.659 bits per heavy atom. The average molecular weight is 539 g/mol. The van der Waals surface area contributed by atoms with Gasteiger partial charge in [-0.1, -0.05) is 115 Å². The van der Waals surface area contributed by atoms with E-state index in [1.54, 1.807) is 0 Å². The second kappa shape index (κ2) is 12.0. The summed E-state index contributed by atoms with van der Waals surface area (Å²) in [7, 11) is 1.38. The number of benzene rings is 5. The van der Waals surface area contributed by atoms with E-state index in [4.69, 9.17) is 13.9 Å². The number of furan rings is 1. The number of fused-ring (bicyclic) bond motifs is 1. The maximum atomic E-state index is 12.4. The molecule has 1 atom stereocenters. The summed E-state index contributed by atoms with van der Waals surface area (Å²) in [5, 5.41) is 1.14. The zero-order chi connectivity index (χ0) is 28.0. The van der Waals surface area contributed by atoms with Gasteiger partial charge in [-0.3, -0.25) is 0 Å². The summed E-state index contributed by atoms with van der Waals surface area (Å²) >= 11 is 0. The summed E-state index contributed by atoms with van der Waals surface area (Å²) in [4.78, 5) is 12.4. The number of esters is 1. The van der Waals surface area contributed by atoms with Gasteiger partial charge in [0.15, 0.2) is 6.10 Å². The Balaban J connectivity index is 1.22. The van der Waals surface area contributed by atoms with Crippen molar-refractivity contribution in [3.05, 3.63) is 150 Å². The minimum absolute atomic E-state index is 0.397. The van der Waals surface area contributed by atoms with Gasteiger partial charge in [0.25, 0.3) is 0 Å². The average Bonchev–Trinajstić information content (AvgIpc) is 3.40. The Morgan fingerprint density at radius 2 is 1.22 bits per heavy atom. The number of carbonyl (C=O) groups is 1. The molecule has 0 saturated carbocycles. The van der Waals surface area contributed by atoms with Gasteiger partial charge in [0.2, 0.25) is 0 Å². The maximum Gasteiger partial charge on any atom is 0.347 e. The number of hydrogen-bond donors (Lipinski definition) is 0. The second-order valence-electron chi connectivity index (χ2n) is 9.99. The Labute approximate surface area is 239 Å². The van der Waals surface area contributed by atoms with Crippen LogP contribution in [0.2, 0.25) is 0 Å². The summed E-state index contributed by atoms with van der Waals surface area (Å²) < 4.78 is 17.4. The van der Waals surface area contributed by atoms with E-state index in [0.29, 0.717) is 12.2 Å². The molecule has 0 bridgehead atoms.